The fourth-order valence-corrected chi connectivity index (χ4v) is 4.18. The molecule has 4 aromatic rings. The van der Waals surface area contributed by atoms with Crippen molar-refractivity contribution < 1.29 is 0 Å². The van der Waals surface area contributed by atoms with Gasteiger partial charge in [-0.1, -0.05) is 59.0 Å². The van der Waals surface area contributed by atoms with Crippen LogP contribution >= 0.6 is 0 Å². The molecule has 2 aliphatic heterocycles. The molecule has 4 heterocycles. The van der Waals surface area contributed by atoms with Crippen LogP contribution in [0.1, 0.15) is 11.1 Å². The third-order valence-electron chi connectivity index (χ3n) is 5.43. The van der Waals surface area contributed by atoms with E-state index >= 15 is 0 Å². The zero-order valence-electron chi connectivity index (χ0n) is 14.1. The van der Waals surface area contributed by atoms with Crippen LogP contribution in [0.4, 0.5) is 0 Å². The molecule has 0 spiro atoms. The molecular formula is C20H16N6. The van der Waals surface area contributed by atoms with Gasteiger partial charge in [-0.3, -0.25) is 0 Å². The maximum absolute atomic E-state index is 4.52. The van der Waals surface area contributed by atoms with Crippen LogP contribution in [0.3, 0.4) is 0 Å². The smallest absolute Gasteiger partial charge is 0.143 e. The monoisotopic (exact) mass is 340 g/mol. The first-order valence-corrected chi connectivity index (χ1v) is 8.94. The molecule has 2 aromatic heterocycles. The van der Waals surface area contributed by atoms with E-state index in [0.29, 0.717) is 0 Å². The van der Waals surface area contributed by atoms with Gasteiger partial charge in [0.25, 0.3) is 0 Å². The minimum atomic E-state index is 0.829. The molecule has 0 aliphatic carbocycles. The summed E-state index contributed by atoms with van der Waals surface area (Å²) in [5, 5.41) is 17.8. The summed E-state index contributed by atoms with van der Waals surface area (Å²) in [7, 11) is 0. The second-order valence-electron chi connectivity index (χ2n) is 6.83. The molecule has 0 radical (unpaired) electrons. The van der Waals surface area contributed by atoms with Gasteiger partial charge in [-0.25, -0.2) is 9.36 Å². The van der Waals surface area contributed by atoms with Gasteiger partial charge >= 0.3 is 0 Å². The van der Waals surface area contributed by atoms with E-state index in [0.717, 1.165) is 48.7 Å². The van der Waals surface area contributed by atoms with Crippen LogP contribution in [0, 0.1) is 0 Å². The Morgan fingerprint density at radius 2 is 1.08 bits per heavy atom. The number of rotatable bonds is 1. The van der Waals surface area contributed by atoms with Crippen molar-refractivity contribution in [2.75, 3.05) is 0 Å². The maximum atomic E-state index is 4.52. The first-order chi connectivity index (χ1) is 12.9. The Hall–Kier alpha value is -3.28. The van der Waals surface area contributed by atoms with Gasteiger partial charge in [-0.05, 0) is 24.0 Å². The van der Waals surface area contributed by atoms with Crippen LogP contribution in [0.2, 0.25) is 0 Å². The maximum Gasteiger partial charge on any atom is 0.143 e. The van der Waals surface area contributed by atoms with Gasteiger partial charge in [0.15, 0.2) is 0 Å². The third kappa shape index (κ3) is 1.81. The van der Waals surface area contributed by atoms with Crippen molar-refractivity contribution in [3.63, 3.8) is 0 Å². The van der Waals surface area contributed by atoms with Crippen LogP contribution in [0.25, 0.3) is 33.9 Å². The minimum absolute atomic E-state index is 0.829. The Morgan fingerprint density at radius 1 is 0.615 bits per heavy atom. The van der Waals surface area contributed by atoms with Crippen LogP contribution < -0.4 is 0 Å². The molecule has 2 aliphatic rings. The minimum Gasteiger partial charge on any atom is -0.244 e. The largest absolute Gasteiger partial charge is 0.244 e. The molecule has 6 heteroatoms. The molecule has 0 bridgehead atoms. The van der Waals surface area contributed by atoms with Gasteiger partial charge in [0.1, 0.15) is 11.4 Å². The molecule has 0 amide bonds. The predicted octanol–water partition coefficient (Wildman–Crippen LogP) is 2.98. The zero-order valence-corrected chi connectivity index (χ0v) is 14.1. The fourth-order valence-electron chi connectivity index (χ4n) is 4.18. The first-order valence-electron chi connectivity index (χ1n) is 8.94. The number of hydrogen-bond acceptors (Lipinski definition) is 4. The molecule has 0 atom stereocenters. The molecule has 6 nitrogen and oxygen atoms in total. The van der Waals surface area contributed by atoms with Crippen molar-refractivity contribution >= 4 is 0 Å². The Morgan fingerprint density at radius 3 is 1.58 bits per heavy atom. The van der Waals surface area contributed by atoms with Crippen molar-refractivity contribution in [1.82, 2.24) is 30.0 Å². The van der Waals surface area contributed by atoms with E-state index in [1.54, 1.807) is 0 Å². The number of aromatic nitrogens is 6. The van der Waals surface area contributed by atoms with Gasteiger partial charge in [-0.2, -0.15) is 0 Å². The molecule has 126 valence electrons. The van der Waals surface area contributed by atoms with Crippen LogP contribution in [0.15, 0.2) is 48.5 Å². The molecule has 0 unspecified atom stereocenters. The second-order valence-corrected chi connectivity index (χ2v) is 6.83. The first kappa shape index (κ1) is 13.9. The van der Waals surface area contributed by atoms with Crippen molar-refractivity contribution in [3.05, 3.63) is 59.7 Å². The zero-order chi connectivity index (χ0) is 17.1. The molecule has 0 saturated heterocycles. The summed E-state index contributed by atoms with van der Waals surface area (Å²) in [6.07, 6.45) is 1.96. The lowest BCUT2D eigenvalue weighted by atomic mass is 9.93. The highest BCUT2D eigenvalue weighted by atomic mass is 15.5. The van der Waals surface area contributed by atoms with E-state index in [2.05, 4.69) is 69.2 Å². The quantitative estimate of drug-likeness (QED) is 0.534. The van der Waals surface area contributed by atoms with Crippen LogP contribution in [-0.4, -0.2) is 30.0 Å². The lowest BCUT2D eigenvalue weighted by Gasteiger charge is -2.19. The van der Waals surface area contributed by atoms with Crippen molar-refractivity contribution in [2.24, 2.45) is 0 Å². The lowest BCUT2D eigenvalue weighted by Crippen LogP contribution is -2.13. The summed E-state index contributed by atoms with van der Waals surface area (Å²) in [6, 6.07) is 17.0. The Labute approximate surface area is 150 Å². The molecular weight excluding hydrogens is 324 g/mol. The van der Waals surface area contributed by atoms with Gasteiger partial charge in [0.2, 0.25) is 0 Å². The highest BCUT2D eigenvalue weighted by Crippen LogP contribution is 2.40. The Bertz CT molecular complexity index is 1060. The summed E-state index contributed by atoms with van der Waals surface area (Å²) in [5.74, 6) is 0. The fraction of sp³-hybridized carbons (Fsp3) is 0.200. The van der Waals surface area contributed by atoms with Crippen LogP contribution in [-0.2, 0) is 25.9 Å². The molecule has 26 heavy (non-hydrogen) atoms. The summed E-state index contributed by atoms with van der Waals surface area (Å²) in [5.41, 5.74) is 8.84. The number of fused-ring (bicyclic) bond motifs is 6. The number of hydrogen-bond donors (Lipinski definition) is 0. The summed E-state index contributed by atoms with van der Waals surface area (Å²) >= 11 is 0. The summed E-state index contributed by atoms with van der Waals surface area (Å²) < 4.78 is 4.00. The SMILES string of the molecule is c1ccc2c(c1)CCn1nnc(-c3nnn4c3-c3ccccc3CC4)c1-2. The van der Waals surface area contributed by atoms with E-state index in [1.165, 1.54) is 22.3 Å². The number of nitrogens with zero attached hydrogens (tertiary/aromatic N) is 6. The molecule has 0 N–H and O–H groups in total. The topological polar surface area (TPSA) is 61.4 Å². The number of aryl methyl sites for hydroxylation is 4. The summed E-state index contributed by atoms with van der Waals surface area (Å²) in [4.78, 5) is 0. The lowest BCUT2D eigenvalue weighted by molar-refractivity contribution is 0.583. The molecule has 2 aromatic carbocycles. The second kappa shape index (κ2) is 5.11. The van der Waals surface area contributed by atoms with Gasteiger partial charge in [-0.15, -0.1) is 10.2 Å². The highest BCUT2D eigenvalue weighted by Gasteiger charge is 2.29. The van der Waals surface area contributed by atoms with Crippen molar-refractivity contribution in [3.8, 4) is 33.9 Å². The molecule has 0 fully saturated rings. The predicted molar refractivity (Wildman–Crippen MR) is 97.3 cm³/mol. The van der Waals surface area contributed by atoms with Crippen molar-refractivity contribution in [2.45, 2.75) is 25.9 Å². The average molecular weight is 340 g/mol. The van der Waals surface area contributed by atoms with E-state index in [9.17, 15) is 0 Å². The normalized spacial score (nSPS) is 14.3. The Balaban J connectivity index is 1.61. The third-order valence-corrected chi connectivity index (χ3v) is 5.43. The summed E-state index contributed by atoms with van der Waals surface area (Å²) in [6.45, 7) is 1.69. The highest BCUT2D eigenvalue weighted by molar-refractivity contribution is 5.86. The number of benzene rings is 2. The van der Waals surface area contributed by atoms with Gasteiger partial charge in [0.05, 0.1) is 11.4 Å². The molecule has 6 rings (SSSR count). The van der Waals surface area contributed by atoms with Crippen molar-refractivity contribution in [1.29, 1.82) is 0 Å². The van der Waals surface area contributed by atoms with E-state index in [1.807, 2.05) is 9.36 Å². The van der Waals surface area contributed by atoms with Gasteiger partial charge < -0.3 is 0 Å². The van der Waals surface area contributed by atoms with Gasteiger partial charge in [0, 0.05) is 24.2 Å². The Kier molecular flexibility index (Phi) is 2.74. The molecule has 0 saturated carbocycles. The van der Waals surface area contributed by atoms with Crippen LogP contribution in [0.5, 0.6) is 0 Å². The van der Waals surface area contributed by atoms with E-state index in [-0.39, 0.29) is 0 Å². The standard InChI is InChI=1S/C20H16N6/c1-3-7-15-13(5-1)9-11-25-19(15)17(21-23-25)18-20-16-8-4-2-6-14(16)10-12-26(20)24-22-18/h1-8H,9-12H2. The van der Waals surface area contributed by atoms with E-state index in [4.69, 9.17) is 0 Å². The van der Waals surface area contributed by atoms with E-state index < -0.39 is 0 Å². The average Bonchev–Trinajstić information content (AvgIpc) is 3.32.